The molecule has 2 rings (SSSR count). The monoisotopic (exact) mass is 280 g/mol. The number of nitrogens with zero attached hydrogens (tertiary/aromatic N) is 1. The number of H-pyrrole nitrogens is 1. The van der Waals surface area contributed by atoms with Gasteiger partial charge in [0.05, 0.1) is 13.7 Å². The number of nitrogens with one attached hydrogen (secondary N) is 1. The number of methoxy groups -OCH3 is 1. The molecule has 100 valence electrons. The van der Waals surface area contributed by atoms with Crippen LogP contribution < -0.4 is 16.0 Å². The summed E-state index contributed by atoms with van der Waals surface area (Å²) in [5.74, 6) is 0.639. The van der Waals surface area contributed by atoms with Crippen LogP contribution in [0.1, 0.15) is 11.1 Å². The maximum absolute atomic E-state index is 11.7. The van der Waals surface area contributed by atoms with E-state index in [9.17, 15) is 9.59 Å². The van der Waals surface area contributed by atoms with E-state index in [1.807, 2.05) is 0 Å². The number of aromatic nitrogens is 2. The Morgan fingerprint density at radius 3 is 2.79 bits per heavy atom. The minimum absolute atomic E-state index is 0.278. The van der Waals surface area contributed by atoms with Crippen LogP contribution in [0, 0.1) is 6.92 Å². The van der Waals surface area contributed by atoms with Gasteiger partial charge in [0.2, 0.25) is 0 Å². The molecule has 0 unspecified atom stereocenters. The highest BCUT2D eigenvalue weighted by molar-refractivity contribution is 6.30. The number of hydrogen-bond acceptors (Lipinski definition) is 3. The third-order valence-corrected chi connectivity index (χ3v) is 3.01. The van der Waals surface area contributed by atoms with Gasteiger partial charge in [-0.15, -0.1) is 0 Å². The van der Waals surface area contributed by atoms with Crippen LogP contribution in [0.2, 0.25) is 5.02 Å². The van der Waals surface area contributed by atoms with Crippen molar-refractivity contribution in [1.82, 2.24) is 9.55 Å². The molecule has 0 aliphatic carbocycles. The second-order valence-electron chi connectivity index (χ2n) is 4.16. The molecule has 0 saturated carbocycles. The normalized spacial score (nSPS) is 10.5. The standard InChI is InChI=1S/C13H13ClN2O3/c1-8-6-16(13(18)15-12(8)17)7-9-5-10(14)3-4-11(9)19-2/h3-6H,7H2,1-2H3,(H,15,17,18). The Bertz CT molecular complexity index is 719. The lowest BCUT2D eigenvalue weighted by Gasteiger charge is -2.10. The third kappa shape index (κ3) is 2.88. The number of aryl methyl sites for hydroxylation is 1. The summed E-state index contributed by atoms with van der Waals surface area (Å²) in [6, 6.07) is 5.18. The zero-order chi connectivity index (χ0) is 14.0. The predicted molar refractivity (Wildman–Crippen MR) is 73.2 cm³/mol. The lowest BCUT2D eigenvalue weighted by molar-refractivity contribution is 0.408. The number of aromatic amines is 1. The van der Waals surface area contributed by atoms with Crippen LogP contribution in [-0.2, 0) is 6.54 Å². The second kappa shape index (κ2) is 5.32. The van der Waals surface area contributed by atoms with Crippen LogP contribution in [0.4, 0.5) is 0 Å². The topological polar surface area (TPSA) is 64.1 Å². The average Bonchev–Trinajstić information content (AvgIpc) is 2.36. The average molecular weight is 281 g/mol. The SMILES string of the molecule is COc1ccc(Cl)cc1Cn1cc(C)c(=O)[nH]c1=O. The molecular weight excluding hydrogens is 268 g/mol. The van der Waals surface area contributed by atoms with Crippen molar-refractivity contribution < 1.29 is 4.74 Å². The van der Waals surface area contributed by atoms with Gasteiger partial charge in [-0.3, -0.25) is 14.3 Å². The third-order valence-electron chi connectivity index (χ3n) is 2.77. The molecule has 0 radical (unpaired) electrons. The molecule has 19 heavy (non-hydrogen) atoms. The molecule has 2 aromatic rings. The summed E-state index contributed by atoms with van der Waals surface area (Å²) in [7, 11) is 1.55. The van der Waals surface area contributed by atoms with Gasteiger partial charge >= 0.3 is 5.69 Å². The van der Waals surface area contributed by atoms with Crippen molar-refractivity contribution in [2.45, 2.75) is 13.5 Å². The van der Waals surface area contributed by atoms with Crippen molar-refractivity contribution in [3.63, 3.8) is 0 Å². The maximum Gasteiger partial charge on any atom is 0.328 e. The predicted octanol–water partition coefficient (Wildman–Crippen LogP) is 1.56. The van der Waals surface area contributed by atoms with Gasteiger partial charge in [0.25, 0.3) is 5.56 Å². The molecule has 0 aliphatic rings. The van der Waals surface area contributed by atoms with Crippen LogP contribution in [0.5, 0.6) is 5.75 Å². The Labute approximate surface area is 114 Å². The van der Waals surface area contributed by atoms with E-state index in [0.717, 1.165) is 5.56 Å². The van der Waals surface area contributed by atoms with Gasteiger partial charge in [0, 0.05) is 22.3 Å². The molecule has 0 spiro atoms. The quantitative estimate of drug-likeness (QED) is 0.928. The molecular formula is C13H13ClN2O3. The lowest BCUT2D eigenvalue weighted by atomic mass is 10.2. The summed E-state index contributed by atoms with van der Waals surface area (Å²) in [4.78, 5) is 25.3. The number of hydrogen-bond donors (Lipinski definition) is 1. The smallest absolute Gasteiger partial charge is 0.328 e. The molecule has 1 aromatic heterocycles. The minimum atomic E-state index is -0.461. The molecule has 1 N–H and O–H groups in total. The lowest BCUT2D eigenvalue weighted by Crippen LogP contribution is -2.31. The van der Waals surface area contributed by atoms with Crippen molar-refractivity contribution in [3.8, 4) is 5.75 Å². The Kier molecular flexibility index (Phi) is 3.76. The summed E-state index contributed by atoms with van der Waals surface area (Å²) in [5, 5.41) is 0.560. The Balaban J connectivity index is 2.47. The van der Waals surface area contributed by atoms with E-state index in [1.54, 1.807) is 32.2 Å². The Hall–Kier alpha value is -2.01. The van der Waals surface area contributed by atoms with E-state index in [2.05, 4.69) is 4.98 Å². The number of benzene rings is 1. The fraction of sp³-hybridized carbons (Fsp3) is 0.231. The van der Waals surface area contributed by atoms with Crippen LogP contribution >= 0.6 is 11.6 Å². The van der Waals surface area contributed by atoms with Crippen molar-refractivity contribution in [1.29, 1.82) is 0 Å². The minimum Gasteiger partial charge on any atom is -0.496 e. The second-order valence-corrected chi connectivity index (χ2v) is 4.59. The zero-order valence-electron chi connectivity index (χ0n) is 10.6. The first-order valence-electron chi connectivity index (χ1n) is 5.64. The summed E-state index contributed by atoms with van der Waals surface area (Å²) >= 11 is 5.94. The maximum atomic E-state index is 11.7. The highest BCUT2D eigenvalue weighted by Crippen LogP contribution is 2.23. The van der Waals surface area contributed by atoms with Gasteiger partial charge in [-0.05, 0) is 25.1 Å². The fourth-order valence-corrected chi connectivity index (χ4v) is 1.98. The molecule has 0 fully saturated rings. The van der Waals surface area contributed by atoms with Gasteiger partial charge in [0.15, 0.2) is 0 Å². The first-order valence-corrected chi connectivity index (χ1v) is 6.02. The Morgan fingerprint density at radius 2 is 2.11 bits per heavy atom. The van der Waals surface area contributed by atoms with Crippen LogP contribution in [0.15, 0.2) is 34.0 Å². The van der Waals surface area contributed by atoms with Crippen molar-refractivity contribution in [2.75, 3.05) is 7.11 Å². The van der Waals surface area contributed by atoms with Crippen molar-refractivity contribution >= 4 is 11.6 Å². The summed E-state index contributed by atoms with van der Waals surface area (Å²) in [6.07, 6.45) is 1.52. The molecule has 0 bridgehead atoms. The fourth-order valence-electron chi connectivity index (χ4n) is 1.79. The van der Waals surface area contributed by atoms with Crippen molar-refractivity contribution in [2.24, 2.45) is 0 Å². The van der Waals surface area contributed by atoms with Crippen LogP contribution in [0.3, 0.4) is 0 Å². The molecule has 6 heteroatoms. The highest BCUT2D eigenvalue weighted by atomic mass is 35.5. The van der Waals surface area contributed by atoms with Gasteiger partial charge < -0.3 is 4.74 Å². The van der Waals surface area contributed by atoms with Gasteiger partial charge in [-0.1, -0.05) is 11.6 Å². The number of rotatable bonds is 3. The van der Waals surface area contributed by atoms with E-state index in [-0.39, 0.29) is 12.1 Å². The highest BCUT2D eigenvalue weighted by Gasteiger charge is 2.07. The number of ether oxygens (including phenoxy) is 1. The van der Waals surface area contributed by atoms with Gasteiger partial charge in [-0.2, -0.15) is 0 Å². The molecule has 0 atom stereocenters. The summed E-state index contributed by atoms with van der Waals surface area (Å²) in [5.41, 5.74) is 0.404. The Morgan fingerprint density at radius 1 is 1.37 bits per heavy atom. The van der Waals surface area contributed by atoms with E-state index in [0.29, 0.717) is 16.3 Å². The first kappa shape index (κ1) is 13.4. The molecule has 0 saturated heterocycles. The first-order chi connectivity index (χ1) is 9.01. The van der Waals surface area contributed by atoms with E-state index in [4.69, 9.17) is 16.3 Å². The molecule has 0 amide bonds. The number of halogens is 1. The summed E-state index contributed by atoms with van der Waals surface area (Å²) < 4.78 is 6.63. The van der Waals surface area contributed by atoms with Gasteiger partial charge in [-0.25, -0.2) is 4.79 Å². The molecule has 1 aromatic carbocycles. The van der Waals surface area contributed by atoms with E-state index >= 15 is 0 Å². The van der Waals surface area contributed by atoms with E-state index in [1.165, 1.54) is 10.8 Å². The van der Waals surface area contributed by atoms with Crippen LogP contribution in [-0.4, -0.2) is 16.7 Å². The largest absolute Gasteiger partial charge is 0.496 e. The van der Waals surface area contributed by atoms with Crippen molar-refractivity contribution in [3.05, 3.63) is 61.4 Å². The van der Waals surface area contributed by atoms with E-state index < -0.39 is 5.69 Å². The van der Waals surface area contributed by atoms with Crippen LogP contribution in [0.25, 0.3) is 0 Å². The zero-order valence-corrected chi connectivity index (χ0v) is 11.3. The molecule has 1 heterocycles. The van der Waals surface area contributed by atoms with Gasteiger partial charge in [0.1, 0.15) is 5.75 Å². The molecule has 5 nitrogen and oxygen atoms in total. The molecule has 0 aliphatic heterocycles. The summed E-state index contributed by atoms with van der Waals surface area (Å²) in [6.45, 7) is 1.92.